The number of hydrogen-bond donors (Lipinski definition) is 0. The van der Waals surface area contributed by atoms with E-state index in [4.69, 9.17) is 0 Å². The van der Waals surface area contributed by atoms with Crippen LogP contribution >= 0.6 is 11.8 Å². The molecule has 0 aromatic carbocycles. The van der Waals surface area contributed by atoms with Gasteiger partial charge in [0, 0.05) is 17.3 Å². The van der Waals surface area contributed by atoms with Crippen LogP contribution in [0.5, 0.6) is 0 Å². The number of alkyl halides is 6. The van der Waals surface area contributed by atoms with Crippen molar-refractivity contribution in [2.24, 2.45) is 0 Å². The van der Waals surface area contributed by atoms with Crippen molar-refractivity contribution in [1.82, 2.24) is 25.0 Å². The molecule has 0 saturated heterocycles. The summed E-state index contributed by atoms with van der Waals surface area (Å²) >= 11 is 1.14. The third kappa shape index (κ3) is 4.26. The fourth-order valence-corrected chi connectivity index (χ4v) is 3.08. The van der Waals surface area contributed by atoms with Crippen LogP contribution in [0.2, 0.25) is 0 Å². The summed E-state index contributed by atoms with van der Waals surface area (Å²) in [5.74, 6) is 0.488. The number of rotatable bonds is 4. The zero-order chi connectivity index (χ0) is 20.5. The second kappa shape index (κ2) is 7.41. The first-order chi connectivity index (χ1) is 13.1. The van der Waals surface area contributed by atoms with Crippen molar-refractivity contribution >= 4 is 11.8 Å². The van der Waals surface area contributed by atoms with E-state index in [0.29, 0.717) is 18.1 Å². The van der Waals surface area contributed by atoms with E-state index < -0.39 is 23.5 Å². The molecular weight excluding hydrogens is 408 g/mol. The molecule has 148 valence electrons. The van der Waals surface area contributed by atoms with Crippen LogP contribution in [-0.2, 0) is 12.4 Å². The summed E-state index contributed by atoms with van der Waals surface area (Å²) in [6, 6.07) is 1.80. The van der Waals surface area contributed by atoms with Crippen molar-refractivity contribution in [1.29, 1.82) is 0 Å². The van der Waals surface area contributed by atoms with Gasteiger partial charge in [-0.3, -0.25) is 9.97 Å². The molecule has 0 saturated carbocycles. The van der Waals surface area contributed by atoms with Crippen LogP contribution in [0.4, 0.5) is 26.3 Å². The van der Waals surface area contributed by atoms with Crippen LogP contribution < -0.4 is 0 Å². The molecule has 0 aliphatic carbocycles. The summed E-state index contributed by atoms with van der Waals surface area (Å²) in [6.45, 7) is 1.76. The minimum atomic E-state index is -4.58. The van der Waals surface area contributed by atoms with E-state index in [9.17, 15) is 26.3 Å². The number of aromatic nitrogens is 5. The maximum Gasteiger partial charge on any atom is 0.417 e. The number of nitrogens with zero attached hydrogens (tertiary/aromatic N) is 5. The summed E-state index contributed by atoms with van der Waals surface area (Å²) in [4.78, 5) is 7.63. The second-order valence-corrected chi connectivity index (χ2v) is 6.79. The quantitative estimate of drug-likeness (QED) is 0.446. The summed E-state index contributed by atoms with van der Waals surface area (Å²) in [5.41, 5.74) is -1.57. The summed E-state index contributed by atoms with van der Waals surface area (Å²) < 4.78 is 78.3. The van der Waals surface area contributed by atoms with Crippen LogP contribution in [0.25, 0.3) is 17.1 Å². The zero-order valence-corrected chi connectivity index (χ0v) is 14.9. The Labute approximate surface area is 158 Å². The first-order valence-corrected chi connectivity index (χ1v) is 8.73. The van der Waals surface area contributed by atoms with Gasteiger partial charge in [0.05, 0.1) is 29.2 Å². The third-order valence-corrected chi connectivity index (χ3v) is 4.44. The zero-order valence-electron chi connectivity index (χ0n) is 14.1. The lowest BCUT2D eigenvalue weighted by atomic mass is 10.2. The Balaban J connectivity index is 2.00. The SMILES string of the molecule is CCSc1cc(C(F)(F)F)cnc1-c1cn(-c2cncc(C(F)(F)F)c2)nn1. The van der Waals surface area contributed by atoms with Crippen LogP contribution in [0, 0.1) is 0 Å². The Hall–Kier alpha value is -2.63. The van der Waals surface area contributed by atoms with Gasteiger partial charge in [0.1, 0.15) is 11.4 Å². The minimum Gasteiger partial charge on any atom is -0.262 e. The van der Waals surface area contributed by atoms with Gasteiger partial charge in [0.2, 0.25) is 0 Å². The highest BCUT2D eigenvalue weighted by atomic mass is 32.2. The van der Waals surface area contributed by atoms with Gasteiger partial charge in [-0.15, -0.1) is 16.9 Å². The summed E-state index contributed by atoms with van der Waals surface area (Å²) in [6.07, 6.45) is -5.32. The van der Waals surface area contributed by atoms with Gasteiger partial charge in [-0.05, 0) is 17.9 Å². The number of halogens is 6. The van der Waals surface area contributed by atoms with Crippen LogP contribution in [0.1, 0.15) is 18.1 Å². The van der Waals surface area contributed by atoms with Crippen LogP contribution in [0.3, 0.4) is 0 Å². The molecule has 0 amide bonds. The minimum absolute atomic E-state index is 0.00480. The largest absolute Gasteiger partial charge is 0.417 e. The Bertz CT molecular complexity index is 982. The van der Waals surface area contributed by atoms with Gasteiger partial charge >= 0.3 is 12.4 Å². The highest BCUT2D eigenvalue weighted by Crippen LogP contribution is 2.35. The van der Waals surface area contributed by atoms with Gasteiger partial charge in [0.25, 0.3) is 0 Å². The average molecular weight is 419 g/mol. The topological polar surface area (TPSA) is 56.5 Å². The molecule has 0 spiro atoms. The van der Waals surface area contributed by atoms with Gasteiger partial charge in [0.15, 0.2) is 0 Å². The molecule has 3 aromatic rings. The van der Waals surface area contributed by atoms with E-state index in [2.05, 4.69) is 20.3 Å². The molecule has 0 fully saturated rings. The molecule has 12 heteroatoms. The smallest absolute Gasteiger partial charge is 0.262 e. The van der Waals surface area contributed by atoms with Crippen molar-refractivity contribution in [2.45, 2.75) is 24.2 Å². The highest BCUT2D eigenvalue weighted by molar-refractivity contribution is 7.99. The molecule has 5 nitrogen and oxygen atoms in total. The normalized spacial score (nSPS) is 12.4. The predicted octanol–water partition coefficient (Wildman–Crippen LogP) is 4.87. The van der Waals surface area contributed by atoms with Gasteiger partial charge in [-0.1, -0.05) is 12.1 Å². The lowest BCUT2D eigenvalue weighted by Crippen LogP contribution is -2.07. The van der Waals surface area contributed by atoms with E-state index in [1.165, 1.54) is 6.20 Å². The highest BCUT2D eigenvalue weighted by Gasteiger charge is 2.33. The molecular formula is C16H11F6N5S. The molecule has 0 radical (unpaired) electrons. The second-order valence-electron chi connectivity index (χ2n) is 5.48. The average Bonchev–Trinajstić information content (AvgIpc) is 3.10. The first kappa shape index (κ1) is 20.1. The molecule has 3 aromatic heterocycles. The molecule has 28 heavy (non-hydrogen) atoms. The summed E-state index contributed by atoms with van der Waals surface area (Å²) in [5, 5.41) is 7.58. The van der Waals surface area contributed by atoms with Crippen molar-refractivity contribution in [3.8, 4) is 17.1 Å². The Morgan fingerprint density at radius 1 is 0.964 bits per heavy atom. The van der Waals surface area contributed by atoms with Crippen LogP contribution in [-0.4, -0.2) is 30.7 Å². The maximum atomic E-state index is 12.9. The van der Waals surface area contributed by atoms with E-state index in [1.54, 1.807) is 6.92 Å². The molecule has 0 bridgehead atoms. The Morgan fingerprint density at radius 3 is 2.29 bits per heavy atom. The van der Waals surface area contributed by atoms with Crippen molar-refractivity contribution < 1.29 is 26.3 Å². The van der Waals surface area contributed by atoms with Gasteiger partial charge in [-0.25, -0.2) is 4.68 Å². The van der Waals surface area contributed by atoms with Crippen molar-refractivity contribution in [3.63, 3.8) is 0 Å². The monoisotopic (exact) mass is 419 g/mol. The molecule has 0 unspecified atom stereocenters. The molecule has 3 heterocycles. The van der Waals surface area contributed by atoms with E-state index in [0.717, 1.165) is 34.8 Å². The van der Waals surface area contributed by atoms with Crippen molar-refractivity contribution in [2.75, 3.05) is 5.75 Å². The lowest BCUT2D eigenvalue weighted by Gasteiger charge is -2.10. The van der Waals surface area contributed by atoms with E-state index in [1.807, 2.05) is 0 Å². The van der Waals surface area contributed by atoms with Gasteiger partial charge in [-0.2, -0.15) is 26.3 Å². The number of hydrogen-bond acceptors (Lipinski definition) is 5. The first-order valence-electron chi connectivity index (χ1n) is 7.75. The summed E-state index contributed by atoms with van der Waals surface area (Å²) in [7, 11) is 0. The lowest BCUT2D eigenvalue weighted by molar-refractivity contribution is -0.138. The molecule has 3 rings (SSSR count). The Kier molecular flexibility index (Phi) is 5.33. The molecule has 0 aliphatic rings. The predicted molar refractivity (Wildman–Crippen MR) is 88.8 cm³/mol. The maximum absolute atomic E-state index is 12.9. The van der Waals surface area contributed by atoms with Crippen molar-refractivity contribution in [3.05, 3.63) is 48.0 Å². The van der Waals surface area contributed by atoms with Gasteiger partial charge < -0.3 is 0 Å². The number of pyridine rings is 2. The number of thioether (sulfide) groups is 1. The molecule has 0 atom stereocenters. The Morgan fingerprint density at radius 2 is 1.64 bits per heavy atom. The third-order valence-electron chi connectivity index (χ3n) is 3.53. The standard InChI is InChI=1S/C16H11F6N5S/c1-2-28-13-4-10(16(20,21)22)6-24-14(13)12-8-27(26-25-12)11-3-9(5-23-7-11)15(17,18)19/h3-8H,2H2,1H3. The fourth-order valence-electron chi connectivity index (χ4n) is 2.26. The molecule has 0 aliphatic heterocycles. The van der Waals surface area contributed by atoms with Crippen LogP contribution in [0.15, 0.2) is 41.8 Å². The van der Waals surface area contributed by atoms with E-state index in [-0.39, 0.29) is 22.0 Å². The van der Waals surface area contributed by atoms with E-state index >= 15 is 0 Å². The molecule has 0 N–H and O–H groups in total. The fraction of sp³-hybridized carbons (Fsp3) is 0.250.